The van der Waals surface area contributed by atoms with Crippen LogP contribution in [0.1, 0.15) is 19.4 Å². The molecule has 0 saturated heterocycles. The van der Waals surface area contributed by atoms with Crippen LogP contribution in [0.5, 0.6) is 5.75 Å². The molecule has 0 aliphatic heterocycles. The molecule has 0 aliphatic carbocycles. The maximum Gasteiger partial charge on any atom is 0.271 e. The molecular weight excluding hydrogens is 368 g/mol. The molecule has 0 fully saturated rings. The number of phenolic OH excluding ortho intramolecular Hbond substituents is 1. The Morgan fingerprint density at radius 1 is 1.08 bits per heavy atom. The molecule has 8 nitrogen and oxygen atoms in total. The van der Waals surface area contributed by atoms with Gasteiger partial charge in [0.2, 0.25) is 14.9 Å². The zero-order valence-corrected chi connectivity index (χ0v) is 15.5. The van der Waals surface area contributed by atoms with Gasteiger partial charge >= 0.3 is 0 Å². The third kappa shape index (κ3) is 4.21. The van der Waals surface area contributed by atoms with Crippen LogP contribution < -0.4 is 5.14 Å². The van der Waals surface area contributed by atoms with Crippen LogP contribution in [0.4, 0.5) is 0 Å². The number of nitrogens with two attached hydrogens (primary N) is 1. The maximum absolute atomic E-state index is 12.7. The van der Waals surface area contributed by atoms with Gasteiger partial charge in [0, 0.05) is 18.2 Å². The highest BCUT2D eigenvalue weighted by Gasteiger charge is 2.24. The molecule has 1 heterocycles. The monoisotopic (exact) mass is 388 g/mol. The van der Waals surface area contributed by atoms with E-state index >= 15 is 0 Å². The molecule has 0 radical (unpaired) electrons. The van der Waals surface area contributed by atoms with Gasteiger partial charge in [0.15, 0.2) is 0 Å². The first-order valence-corrected chi connectivity index (χ1v) is 10.5. The van der Waals surface area contributed by atoms with Gasteiger partial charge in [0.05, 0.1) is 4.90 Å². The number of benzene rings is 1. The molecule has 138 valence electrons. The van der Waals surface area contributed by atoms with Gasteiger partial charge in [0.25, 0.3) is 10.0 Å². The lowest BCUT2D eigenvalue weighted by atomic mass is 10.2. The van der Waals surface area contributed by atoms with Crippen LogP contribution in [0.2, 0.25) is 0 Å². The summed E-state index contributed by atoms with van der Waals surface area (Å²) in [4.78, 5) is 1.62. The number of hydrogen-bond donors (Lipinski definition) is 2. The second kappa shape index (κ2) is 7.16. The van der Waals surface area contributed by atoms with Gasteiger partial charge in [-0.1, -0.05) is 13.8 Å². The van der Waals surface area contributed by atoms with Crippen LogP contribution in [0.25, 0.3) is 0 Å². The van der Waals surface area contributed by atoms with Gasteiger partial charge in [-0.25, -0.2) is 22.0 Å². The Kier molecular flexibility index (Phi) is 5.57. The van der Waals surface area contributed by atoms with Crippen molar-refractivity contribution in [1.82, 2.24) is 4.90 Å². The lowest BCUT2D eigenvalue weighted by molar-refractivity contribution is 0.290. The van der Waals surface area contributed by atoms with Crippen molar-refractivity contribution in [2.45, 2.75) is 35.3 Å². The minimum Gasteiger partial charge on any atom is -0.508 e. The minimum atomic E-state index is -4.14. The van der Waals surface area contributed by atoms with Gasteiger partial charge in [-0.3, -0.25) is 4.90 Å². The van der Waals surface area contributed by atoms with Crippen molar-refractivity contribution in [3.8, 4) is 5.75 Å². The molecule has 0 spiro atoms. The predicted octanol–water partition coefficient (Wildman–Crippen LogP) is 1.31. The Morgan fingerprint density at radius 3 is 2.24 bits per heavy atom. The fourth-order valence-electron chi connectivity index (χ4n) is 2.27. The number of rotatable bonds is 7. The molecule has 0 bridgehead atoms. The van der Waals surface area contributed by atoms with Gasteiger partial charge in [-0.05, 0) is 31.3 Å². The van der Waals surface area contributed by atoms with Crippen molar-refractivity contribution in [2.75, 3.05) is 13.1 Å². The standard InChI is InChI=1S/C15H20N2O6S2/c1-3-17(4-2)9-11-7-12(5-6-14(11)18)24(19,20)13-8-15(23-10-13)25(16,21)22/h5-8,10,18H,3-4,9H2,1-2H3,(H2,16,21,22). The molecule has 0 amide bonds. The molecule has 0 unspecified atom stereocenters. The van der Waals surface area contributed by atoms with E-state index in [1.165, 1.54) is 18.2 Å². The molecule has 3 N–H and O–H groups in total. The molecule has 25 heavy (non-hydrogen) atoms. The molecule has 1 aromatic carbocycles. The molecule has 10 heteroatoms. The Balaban J connectivity index is 2.45. The number of primary sulfonamides is 1. The van der Waals surface area contributed by atoms with E-state index in [-0.39, 0.29) is 15.5 Å². The van der Waals surface area contributed by atoms with Crippen LogP contribution in [0.15, 0.2) is 49.8 Å². The van der Waals surface area contributed by atoms with E-state index in [0.717, 1.165) is 25.4 Å². The third-order valence-corrected chi connectivity index (χ3v) is 6.28. The second-order valence-corrected chi connectivity index (χ2v) is 8.84. The second-order valence-electron chi connectivity index (χ2n) is 5.40. The topological polar surface area (TPSA) is 131 Å². The molecule has 2 rings (SSSR count). The summed E-state index contributed by atoms with van der Waals surface area (Å²) in [5.74, 6) is -0.0109. The highest BCUT2D eigenvalue weighted by Crippen LogP contribution is 2.28. The SMILES string of the molecule is CCN(CC)Cc1cc(S(=O)(=O)c2coc(S(N)(=O)=O)c2)ccc1O. The van der Waals surface area contributed by atoms with E-state index in [0.29, 0.717) is 12.1 Å². The zero-order valence-electron chi connectivity index (χ0n) is 13.8. The van der Waals surface area contributed by atoms with Gasteiger partial charge in [-0.2, -0.15) is 0 Å². The summed E-state index contributed by atoms with van der Waals surface area (Å²) in [6.45, 7) is 5.79. The lowest BCUT2D eigenvalue weighted by Gasteiger charge is -2.19. The largest absolute Gasteiger partial charge is 0.508 e. The first-order valence-electron chi connectivity index (χ1n) is 7.50. The summed E-state index contributed by atoms with van der Waals surface area (Å²) in [6.07, 6.45) is 0.825. The Labute approximate surface area is 146 Å². The van der Waals surface area contributed by atoms with Gasteiger partial charge < -0.3 is 9.52 Å². The van der Waals surface area contributed by atoms with Crippen LogP contribution in [-0.4, -0.2) is 39.9 Å². The number of nitrogens with zero attached hydrogens (tertiary/aromatic N) is 1. The molecule has 0 saturated carbocycles. The first-order chi connectivity index (χ1) is 11.6. The average Bonchev–Trinajstić information content (AvgIpc) is 3.05. The summed E-state index contributed by atoms with van der Waals surface area (Å²) in [6, 6.07) is 4.78. The Morgan fingerprint density at radius 2 is 1.72 bits per heavy atom. The van der Waals surface area contributed by atoms with Crippen LogP contribution in [-0.2, 0) is 26.4 Å². The molecular formula is C15H20N2O6S2. The predicted molar refractivity (Wildman–Crippen MR) is 90.3 cm³/mol. The van der Waals surface area contributed by atoms with Crippen molar-refractivity contribution in [3.63, 3.8) is 0 Å². The van der Waals surface area contributed by atoms with Crippen LogP contribution >= 0.6 is 0 Å². The molecule has 0 atom stereocenters. The van der Waals surface area contributed by atoms with Crippen molar-refractivity contribution in [3.05, 3.63) is 36.1 Å². The number of hydrogen-bond acceptors (Lipinski definition) is 7. The summed E-state index contributed by atoms with van der Waals surface area (Å²) in [5, 5.41) is 14.3. The fourth-order valence-corrected chi connectivity index (χ4v) is 4.07. The molecule has 2 aromatic rings. The van der Waals surface area contributed by atoms with E-state index in [1.807, 2.05) is 18.7 Å². The van der Waals surface area contributed by atoms with E-state index in [9.17, 15) is 21.9 Å². The summed E-state index contributed by atoms with van der Waals surface area (Å²) in [5.41, 5.74) is 0.458. The van der Waals surface area contributed by atoms with Crippen molar-refractivity contribution in [2.24, 2.45) is 5.14 Å². The van der Waals surface area contributed by atoms with Crippen LogP contribution in [0, 0.1) is 0 Å². The number of sulfonamides is 1. The summed E-state index contributed by atoms with van der Waals surface area (Å²) in [7, 11) is -8.15. The normalized spacial score (nSPS) is 12.6. The summed E-state index contributed by atoms with van der Waals surface area (Å²) < 4.78 is 52.6. The number of aromatic hydroxyl groups is 1. The zero-order chi connectivity index (χ0) is 18.8. The minimum absolute atomic E-state index is 0.0109. The Bertz CT molecular complexity index is 960. The maximum atomic E-state index is 12.7. The van der Waals surface area contributed by atoms with E-state index in [4.69, 9.17) is 9.56 Å². The van der Waals surface area contributed by atoms with Crippen LogP contribution in [0.3, 0.4) is 0 Å². The smallest absolute Gasteiger partial charge is 0.271 e. The highest BCUT2D eigenvalue weighted by atomic mass is 32.2. The highest BCUT2D eigenvalue weighted by molar-refractivity contribution is 7.91. The van der Waals surface area contributed by atoms with E-state index in [1.54, 1.807) is 0 Å². The average molecular weight is 388 g/mol. The van der Waals surface area contributed by atoms with Crippen molar-refractivity contribution < 1.29 is 26.4 Å². The number of sulfone groups is 1. The molecule has 0 aliphatic rings. The Hall–Kier alpha value is -1.88. The summed E-state index contributed by atoms with van der Waals surface area (Å²) >= 11 is 0. The number of phenols is 1. The third-order valence-electron chi connectivity index (χ3n) is 3.79. The van der Waals surface area contributed by atoms with E-state index in [2.05, 4.69) is 0 Å². The van der Waals surface area contributed by atoms with E-state index < -0.39 is 25.0 Å². The number of furan rings is 1. The van der Waals surface area contributed by atoms with Gasteiger partial charge in [0.1, 0.15) is 16.9 Å². The van der Waals surface area contributed by atoms with Gasteiger partial charge in [-0.15, -0.1) is 0 Å². The van der Waals surface area contributed by atoms with Crippen molar-refractivity contribution in [1.29, 1.82) is 0 Å². The quantitative estimate of drug-likeness (QED) is 0.731. The first kappa shape index (κ1) is 19.4. The fraction of sp³-hybridized carbons (Fsp3) is 0.333. The lowest BCUT2D eigenvalue weighted by Crippen LogP contribution is -2.22. The molecule has 1 aromatic heterocycles. The van der Waals surface area contributed by atoms with Crippen molar-refractivity contribution >= 4 is 19.9 Å².